The van der Waals surface area contributed by atoms with Crippen LogP contribution in [0.15, 0.2) is 4.79 Å². The van der Waals surface area contributed by atoms with Gasteiger partial charge in [-0.05, 0) is 6.42 Å². The Bertz CT molecular complexity index is 464. The lowest BCUT2D eigenvalue weighted by molar-refractivity contribution is -0.118. The van der Waals surface area contributed by atoms with Gasteiger partial charge in [-0.2, -0.15) is 0 Å². The first kappa shape index (κ1) is 9.89. The molecule has 0 unspecified atom stereocenters. The van der Waals surface area contributed by atoms with Crippen molar-refractivity contribution >= 4 is 11.7 Å². The van der Waals surface area contributed by atoms with E-state index in [-0.39, 0.29) is 11.5 Å². The third-order valence-corrected chi connectivity index (χ3v) is 2.66. The molecule has 15 heavy (non-hydrogen) atoms. The number of H-pyrrole nitrogens is 1. The van der Waals surface area contributed by atoms with E-state index in [1.54, 1.807) is 7.05 Å². The van der Waals surface area contributed by atoms with E-state index in [4.69, 9.17) is 0 Å². The minimum atomic E-state index is -0.115. The van der Waals surface area contributed by atoms with Gasteiger partial charge in [0.05, 0.1) is 5.56 Å². The average Bonchev–Trinajstić information content (AvgIpc) is 2.23. The highest BCUT2D eigenvalue weighted by Crippen LogP contribution is 2.20. The Kier molecular flexibility index (Phi) is 2.30. The molecular formula is C10H13N3O2. The number of anilines is 1. The Morgan fingerprint density at radius 3 is 2.80 bits per heavy atom. The van der Waals surface area contributed by atoms with E-state index >= 15 is 0 Å². The van der Waals surface area contributed by atoms with Crippen LogP contribution < -0.4 is 10.5 Å². The number of hydrogen-bond donors (Lipinski definition) is 1. The average molecular weight is 207 g/mol. The summed E-state index contributed by atoms with van der Waals surface area (Å²) in [6, 6.07) is 0. The van der Waals surface area contributed by atoms with Crippen molar-refractivity contribution < 1.29 is 4.79 Å². The van der Waals surface area contributed by atoms with Gasteiger partial charge in [0.1, 0.15) is 11.6 Å². The lowest BCUT2D eigenvalue weighted by Crippen LogP contribution is -2.36. The summed E-state index contributed by atoms with van der Waals surface area (Å²) in [5, 5.41) is 0. The molecule has 1 N–H and O–H groups in total. The van der Waals surface area contributed by atoms with Gasteiger partial charge in [-0.3, -0.25) is 14.5 Å². The first-order chi connectivity index (χ1) is 7.13. The second-order valence-electron chi connectivity index (χ2n) is 3.62. The van der Waals surface area contributed by atoms with Crippen LogP contribution in [0.1, 0.15) is 24.7 Å². The highest BCUT2D eigenvalue weighted by molar-refractivity contribution is 5.94. The van der Waals surface area contributed by atoms with Crippen LogP contribution in [-0.4, -0.2) is 22.9 Å². The van der Waals surface area contributed by atoms with E-state index in [0.29, 0.717) is 36.5 Å². The van der Waals surface area contributed by atoms with Crippen LogP contribution in [-0.2, 0) is 17.6 Å². The van der Waals surface area contributed by atoms with Crippen LogP contribution in [0.5, 0.6) is 0 Å². The van der Waals surface area contributed by atoms with Gasteiger partial charge in [0.2, 0.25) is 5.91 Å². The van der Waals surface area contributed by atoms with Crippen LogP contribution >= 0.6 is 0 Å². The quantitative estimate of drug-likeness (QED) is 0.717. The second kappa shape index (κ2) is 3.49. The molecule has 1 aliphatic rings. The number of amides is 1. The predicted molar refractivity (Wildman–Crippen MR) is 56.0 cm³/mol. The maximum atomic E-state index is 11.7. The van der Waals surface area contributed by atoms with E-state index in [0.717, 1.165) is 0 Å². The summed E-state index contributed by atoms with van der Waals surface area (Å²) >= 11 is 0. The fourth-order valence-corrected chi connectivity index (χ4v) is 1.72. The Hall–Kier alpha value is -1.65. The van der Waals surface area contributed by atoms with Crippen LogP contribution in [0, 0.1) is 0 Å². The molecule has 2 heterocycles. The molecule has 0 fully saturated rings. The zero-order chi connectivity index (χ0) is 11.0. The molecule has 1 aromatic rings. The maximum Gasteiger partial charge on any atom is 0.256 e. The van der Waals surface area contributed by atoms with Gasteiger partial charge in [0.25, 0.3) is 5.56 Å². The van der Waals surface area contributed by atoms with E-state index in [1.807, 2.05) is 6.92 Å². The Balaban J connectivity index is 2.61. The molecule has 0 atom stereocenters. The van der Waals surface area contributed by atoms with Crippen molar-refractivity contribution in [3.8, 4) is 0 Å². The van der Waals surface area contributed by atoms with Gasteiger partial charge in [0, 0.05) is 19.9 Å². The highest BCUT2D eigenvalue weighted by atomic mass is 16.2. The number of aryl methyl sites for hydroxylation is 1. The molecule has 0 bridgehead atoms. The molecule has 0 aliphatic carbocycles. The van der Waals surface area contributed by atoms with Crippen LogP contribution in [0.25, 0.3) is 0 Å². The Morgan fingerprint density at radius 2 is 2.13 bits per heavy atom. The van der Waals surface area contributed by atoms with Crippen molar-refractivity contribution in [2.75, 3.05) is 11.9 Å². The predicted octanol–water partition coefficient (Wildman–Crippen LogP) is 0.241. The van der Waals surface area contributed by atoms with Crippen molar-refractivity contribution in [1.29, 1.82) is 0 Å². The van der Waals surface area contributed by atoms with Crippen LogP contribution in [0.4, 0.5) is 5.82 Å². The summed E-state index contributed by atoms with van der Waals surface area (Å²) in [7, 11) is 1.66. The van der Waals surface area contributed by atoms with Crippen molar-refractivity contribution in [3.63, 3.8) is 0 Å². The molecule has 0 spiro atoms. The number of fused-ring (bicyclic) bond motifs is 1. The van der Waals surface area contributed by atoms with Gasteiger partial charge >= 0.3 is 0 Å². The molecule has 5 heteroatoms. The molecule has 5 nitrogen and oxygen atoms in total. The molecule has 0 saturated carbocycles. The van der Waals surface area contributed by atoms with Crippen LogP contribution in [0.2, 0.25) is 0 Å². The summed E-state index contributed by atoms with van der Waals surface area (Å²) in [5.74, 6) is 1.16. The standard InChI is InChI=1S/C10H13N3O2/c1-3-7-11-9-6(10(15)12-7)4-5-8(14)13(9)2/h3-5H2,1-2H3,(H,11,12,15). The Labute approximate surface area is 87.1 Å². The fraction of sp³-hybridized carbons (Fsp3) is 0.500. The molecule has 1 aliphatic heterocycles. The number of nitrogens with zero attached hydrogens (tertiary/aromatic N) is 2. The number of carbonyl (C=O) groups excluding carboxylic acids is 1. The third kappa shape index (κ3) is 1.54. The Morgan fingerprint density at radius 1 is 1.40 bits per heavy atom. The molecule has 0 aromatic carbocycles. The van der Waals surface area contributed by atoms with E-state index < -0.39 is 0 Å². The molecule has 1 amide bonds. The van der Waals surface area contributed by atoms with E-state index in [2.05, 4.69) is 9.97 Å². The normalized spacial score (nSPS) is 15.3. The van der Waals surface area contributed by atoms with Crippen molar-refractivity contribution in [2.24, 2.45) is 0 Å². The van der Waals surface area contributed by atoms with Gasteiger partial charge in [0.15, 0.2) is 0 Å². The SMILES string of the molecule is CCc1nc2c(c(=O)[nH]1)CCC(=O)N2C. The monoisotopic (exact) mass is 207 g/mol. The summed E-state index contributed by atoms with van der Waals surface area (Å²) in [4.78, 5) is 31.6. The van der Waals surface area contributed by atoms with Gasteiger partial charge < -0.3 is 4.98 Å². The topological polar surface area (TPSA) is 66.1 Å². The molecule has 2 rings (SSSR count). The third-order valence-electron chi connectivity index (χ3n) is 2.66. The summed E-state index contributed by atoms with van der Waals surface area (Å²) < 4.78 is 0. The smallest absolute Gasteiger partial charge is 0.256 e. The highest BCUT2D eigenvalue weighted by Gasteiger charge is 2.24. The summed E-state index contributed by atoms with van der Waals surface area (Å²) in [6.45, 7) is 1.91. The molecule has 1 aromatic heterocycles. The zero-order valence-corrected chi connectivity index (χ0v) is 8.83. The van der Waals surface area contributed by atoms with Gasteiger partial charge in [-0.1, -0.05) is 6.92 Å². The maximum absolute atomic E-state index is 11.7. The lowest BCUT2D eigenvalue weighted by atomic mass is 10.1. The van der Waals surface area contributed by atoms with Gasteiger partial charge in [-0.15, -0.1) is 0 Å². The zero-order valence-electron chi connectivity index (χ0n) is 8.83. The number of hydrogen-bond acceptors (Lipinski definition) is 3. The van der Waals surface area contributed by atoms with Crippen LogP contribution in [0.3, 0.4) is 0 Å². The van der Waals surface area contributed by atoms with E-state index in [1.165, 1.54) is 4.90 Å². The second-order valence-corrected chi connectivity index (χ2v) is 3.62. The van der Waals surface area contributed by atoms with Crippen molar-refractivity contribution in [1.82, 2.24) is 9.97 Å². The number of carbonyl (C=O) groups is 1. The number of aromatic amines is 1. The molecular weight excluding hydrogens is 194 g/mol. The number of aromatic nitrogens is 2. The fourth-order valence-electron chi connectivity index (χ4n) is 1.72. The lowest BCUT2D eigenvalue weighted by Gasteiger charge is -2.23. The molecule has 0 radical (unpaired) electrons. The van der Waals surface area contributed by atoms with Crippen molar-refractivity contribution in [2.45, 2.75) is 26.2 Å². The minimum absolute atomic E-state index is 0.0163. The molecule has 0 saturated heterocycles. The first-order valence-corrected chi connectivity index (χ1v) is 5.02. The summed E-state index contributed by atoms with van der Waals surface area (Å²) in [5.41, 5.74) is 0.505. The summed E-state index contributed by atoms with van der Waals surface area (Å²) in [6.07, 6.45) is 1.54. The minimum Gasteiger partial charge on any atom is -0.310 e. The number of rotatable bonds is 1. The van der Waals surface area contributed by atoms with E-state index in [9.17, 15) is 9.59 Å². The van der Waals surface area contributed by atoms with Gasteiger partial charge in [-0.25, -0.2) is 4.98 Å². The first-order valence-electron chi connectivity index (χ1n) is 5.02. The number of nitrogens with one attached hydrogen (secondary N) is 1. The van der Waals surface area contributed by atoms with Crippen molar-refractivity contribution in [3.05, 3.63) is 21.7 Å². The largest absolute Gasteiger partial charge is 0.310 e. The molecule has 80 valence electrons.